The van der Waals surface area contributed by atoms with Gasteiger partial charge in [0.1, 0.15) is 5.82 Å². The fourth-order valence-corrected chi connectivity index (χ4v) is 1.30. The van der Waals surface area contributed by atoms with Crippen LogP contribution in [0.15, 0.2) is 22.7 Å². The number of hydrogen-bond acceptors (Lipinski definition) is 2. The summed E-state index contributed by atoms with van der Waals surface area (Å²) in [5.74, 6) is -0.734. The lowest BCUT2D eigenvalue weighted by molar-refractivity contribution is 0.0990. The molecule has 0 bridgehead atoms. The van der Waals surface area contributed by atoms with Crippen molar-refractivity contribution in [1.82, 2.24) is 5.32 Å². The van der Waals surface area contributed by atoms with Gasteiger partial charge in [-0.05, 0) is 25.2 Å². The van der Waals surface area contributed by atoms with E-state index >= 15 is 0 Å². The van der Waals surface area contributed by atoms with Crippen LogP contribution in [-0.2, 0) is 0 Å². The van der Waals surface area contributed by atoms with E-state index in [1.807, 2.05) is 0 Å². The highest BCUT2D eigenvalue weighted by molar-refractivity contribution is 9.10. The summed E-state index contributed by atoms with van der Waals surface area (Å²) in [4.78, 5) is 11.3. The molecular weight excluding hydrogens is 237 g/mol. The van der Waals surface area contributed by atoms with E-state index in [-0.39, 0.29) is 17.9 Å². The maximum atomic E-state index is 13.1. The second-order valence-electron chi connectivity index (χ2n) is 2.58. The number of hydrogen-bond donors (Lipinski definition) is 1. The summed E-state index contributed by atoms with van der Waals surface area (Å²) in [6, 6.07) is 4.40. The van der Waals surface area contributed by atoms with Gasteiger partial charge in [-0.1, -0.05) is 15.9 Å². The van der Waals surface area contributed by atoms with E-state index < -0.39 is 5.82 Å². The van der Waals surface area contributed by atoms with Gasteiger partial charge in [-0.3, -0.25) is 4.79 Å². The summed E-state index contributed by atoms with van der Waals surface area (Å²) in [7, 11) is 1.65. The number of nitrogens with one attached hydrogen (secondary N) is 1. The lowest BCUT2D eigenvalue weighted by Crippen LogP contribution is -2.19. The van der Waals surface area contributed by atoms with Gasteiger partial charge in [-0.15, -0.1) is 0 Å². The average Bonchev–Trinajstić information content (AvgIpc) is 2.04. The second-order valence-corrected chi connectivity index (χ2v) is 3.49. The largest absolute Gasteiger partial charge is 0.313 e. The summed E-state index contributed by atoms with van der Waals surface area (Å²) in [5, 5.41) is 2.68. The van der Waals surface area contributed by atoms with Crippen molar-refractivity contribution in [1.29, 1.82) is 0 Å². The van der Waals surface area contributed by atoms with Crippen molar-refractivity contribution in [2.75, 3.05) is 13.6 Å². The summed E-state index contributed by atoms with van der Waals surface area (Å²) in [5.41, 5.74) is 0.123. The van der Waals surface area contributed by atoms with Gasteiger partial charge in [0.15, 0.2) is 5.78 Å². The number of rotatable bonds is 3. The summed E-state index contributed by atoms with van der Waals surface area (Å²) in [6.45, 7) is 0.151. The SMILES string of the molecule is CNCC(=O)c1ccc(Br)cc1F. The van der Waals surface area contributed by atoms with Crippen molar-refractivity contribution in [2.24, 2.45) is 0 Å². The Kier molecular flexibility index (Phi) is 3.57. The normalized spacial score (nSPS) is 10.1. The standard InChI is InChI=1S/C9H9BrFNO/c1-12-5-9(13)7-3-2-6(10)4-8(7)11/h2-4,12H,5H2,1H3. The van der Waals surface area contributed by atoms with Gasteiger partial charge in [-0.25, -0.2) is 4.39 Å². The Balaban J connectivity index is 2.95. The number of halogens is 2. The molecule has 0 atom stereocenters. The van der Waals surface area contributed by atoms with Gasteiger partial charge in [-0.2, -0.15) is 0 Å². The monoisotopic (exact) mass is 245 g/mol. The van der Waals surface area contributed by atoms with E-state index in [2.05, 4.69) is 21.2 Å². The molecule has 1 aromatic rings. The first kappa shape index (κ1) is 10.3. The molecule has 0 fully saturated rings. The van der Waals surface area contributed by atoms with Crippen molar-refractivity contribution in [3.63, 3.8) is 0 Å². The topological polar surface area (TPSA) is 29.1 Å². The molecule has 2 nitrogen and oxygen atoms in total. The van der Waals surface area contributed by atoms with Gasteiger partial charge >= 0.3 is 0 Å². The summed E-state index contributed by atoms with van der Waals surface area (Å²) >= 11 is 3.12. The van der Waals surface area contributed by atoms with Crippen LogP contribution in [0.4, 0.5) is 4.39 Å². The molecule has 0 spiro atoms. The highest BCUT2D eigenvalue weighted by Crippen LogP contribution is 2.15. The first-order valence-electron chi connectivity index (χ1n) is 3.78. The average molecular weight is 246 g/mol. The molecule has 13 heavy (non-hydrogen) atoms. The van der Waals surface area contributed by atoms with E-state index in [0.717, 1.165) is 0 Å². The van der Waals surface area contributed by atoms with Crippen LogP contribution in [0.1, 0.15) is 10.4 Å². The van der Waals surface area contributed by atoms with Gasteiger partial charge in [0.2, 0.25) is 0 Å². The van der Waals surface area contributed by atoms with Crippen LogP contribution in [0, 0.1) is 5.82 Å². The van der Waals surface area contributed by atoms with Crippen LogP contribution >= 0.6 is 15.9 Å². The van der Waals surface area contributed by atoms with Crippen molar-refractivity contribution in [2.45, 2.75) is 0 Å². The zero-order valence-electron chi connectivity index (χ0n) is 7.10. The minimum absolute atomic E-state index is 0.123. The van der Waals surface area contributed by atoms with E-state index in [1.165, 1.54) is 12.1 Å². The van der Waals surface area contributed by atoms with Gasteiger partial charge < -0.3 is 5.32 Å². The van der Waals surface area contributed by atoms with E-state index in [4.69, 9.17) is 0 Å². The first-order chi connectivity index (χ1) is 6.15. The first-order valence-corrected chi connectivity index (χ1v) is 4.57. The quantitative estimate of drug-likeness (QED) is 0.826. The fraction of sp³-hybridized carbons (Fsp3) is 0.222. The highest BCUT2D eigenvalue weighted by Gasteiger charge is 2.10. The number of likely N-dealkylation sites (N-methyl/N-ethyl adjacent to an activating group) is 1. The molecular formula is C9H9BrFNO. The Bertz CT molecular complexity index is 327. The van der Waals surface area contributed by atoms with Crippen LogP contribution < -0.4 is 5.32 Å². The zero-order valence-corrected chi connectivity index (χ0v) is 8.69. The second kappa shape index (κ2) is 4.48. The molecule has 0 aliphatic rings. The van der Waals surface area contributed by atoms with Crippen LogP contribution in [0.25, 0.3) is 0 Å². The molecule has 0 unspecified atom stereocenters. The highest BCUT2D eigenvalue weighted by atomic mass is 79.9. The maximum Gasteiger partial charge on any atom is 0.179 e. The predicted octanol–water partition coefficient (Wildman–Crippen LogP) is 1.99. The van der Waals surface area contributed by atoms with Gasteiger partial charge in [0.05, 0.1) is 12.1 Å². The fourth-order valence-electron chi connectivity index (χ4n) is 0.971. The predicted molar refractivity (Wildman–Crippen MR) is 52.4 cm³/mol. The number of Topliss-reactive ketones (excluding diaryl/α,β-unsaturated/α-hetero) is 1. The molecule has 1 aromatic carbocycles. The smallest absolute Gasteiger partial charge is 0.179 e. The third-order valence-corrected chi connectivity index (χ3v) is 2.06. The molecule has 0 radical (unpaired) electrons. The lowest BCUT2D eigenvalue weighted by Gasteiger charge is -2.01. The number of ketones is 1. The molecule has 1 N–H and O–H groups in total. The van der Waals surface area contributed by atoms with E-state index in [9.17, 15) is 9.18 Å². The van der Waals surface area contributed by atoms with Crippen molar-refractivity contribution in [3.8, 4) is 0 Å². The van der Waals surface area contributed by atoms with Crippen molar-refractivity contribution >= 4 is 21.7 Å². The Morgan fingerprint density at radius 3 is 2.85 bits per heavy atom. The number of carbonyl (C=O) groups is 1. The minimum Gasteiger partial charge on any atom is -0.313 e. The van der Waals surface area contributed by atoms with E-state index in [0.29, 0.717) is 4.47 Å². The van der Waals surface area contributed by atoms with Crippen molar-refractivity contribution < 1.29 is 9.18 Å². The molecule has 0 saturated carbocycles. The molecule has 0 aromatic heterocycles. The molecule has 4 heteroatoms. The molecule has 0 saturated heterocycles. The maximum absolute atomic E-state index is 13.1. The van der Waals surface area contributed by atoms with Crippen LogP contribution in [0.3, 0.4) is 0 Å². The Morgan fingerprint density at radius 2 is 2.31 bits per heavy atom. The molecule has 70 valence electrons. The third-order valence-electron chi connectivity index (χ3n) is 1.57. The molecule has 0 aliphatic carbocycles. The summed E-state index contributed by atoms with van der Waals surface area (Å²) < 4.78 is 13.8. The molecule has 1 rings (SSSR count). The number of carbonyl (C=O) groups excluding carboxylic acids is 1. The lowest BCUT2D eigenvalue weighted by atomic mass is 10.1. The summed E-state index contributed by atoms with van der Waals surface area (Å²) in [6.07, 6.45) is 0. The third kappa shape index (κ3) is 2.60. The molecule has 0 aliphatic heterocycles. The van der Waals surface area contributed by atoms with Crippen molar-refractivity contribution in [3.05, 3.63) is 34.1 Å². The van der Waals surface area contributed by atoms with Gasteiger partial charge in [0, 0.05) is 4.47 Å². The Hall–Kier alpha value is -0.740. The minimum atomic E-state index is -0.491. The Labute approximate surface area is 84.3 Å². The number of benzene rings is 1. The van der Waals surface area contributed by atoms with Crippen LogP contribution in [-0.4, -0.2) is 19.4 Å². The van der Waals surface area contributed by atoms with Crippen LogP contribution in [0.5, 0.6) is 0 Å². The molecule has 0 heterocycles. The zero-order chi connectivity index (χ0) is 9.84. The Morgan fingerprint density at radius 1 is 1.62 bits per heavy atom. The molecule has 0 amide bonds. The van der Waals surface area contributed by atoms with E-state index in [1.54, 1.807) is 13.1 Å². The van der Waals surface area contributed by atoms with Crippen LogP contribution in [0.2, 0.25) is 0 Å². The van der Waals surface area contributed by atoms with Gasteiger partial charge in [0.25, 0.3) is 0 Å².